The van der Waals surface area contributed by atoms with Gasteiger partial charge in [-0.15, -0.1) is 0 Å². The normalized spacial score (nSPS) is 27.7. The Morgan fingerprint density at radius 3 is 2.70 bits per heavy atom. The zero-order valence-corrected chi connectivity index (χ0v) is 16.8. The van der Waals surface area contributed by atoms with Crippen LogP contribution in [0.3, 0.4) is 0 Å². The van der Waals surface area contributed by atoms with E-state index in [4.69, 9.17) is 0 Å². The maximum atomic E-state index is 12.3. The van der Waals surface area contributed by atoms with Crippen molar-refractivity contribution in [1.29, 1.82) is 0 Å². The summed E-state index contributed by atoms with van der Waals surface area (Å²) < 4.78 is 0. The highest BCUT2D eigenvalue weighted by Crippen LogP contribution is 2.49. The Bertz CT molecular complexity index is 687. The molecule has 5 nitrogen and oxygen atoms in total. The number of pyridine rings is 1. The van der Waals surface area contributed by atoms with E-state index in [-0.39, 0.29) is 17.9 Å². The molecule has 1 aliphatic heterocycles. The molecule has 2 heterocycles. The summed E-state index contributed by atoms with van der Waals surface area (Å²) in [5.74, 6) is 2.90. The number of fused-ring (bicyclic) bond motifs is 2. The Labute approximate surface area is 165 Å². The van der Waals surface area contributed by atoms with Crippen LogP contribution >= 0.6 is 11.8 Å². The quantitative estimate of drug-likeness (QED) is 0.761. The summed E-state index contributed by atoms with van der Waals surface area (Å²) >= 11 is 1.43. The van der Waals surface area contributed by atoms with Crippen molar-refractivity contribution in [2.24, 2.45) is 17.8 Å². The molecule has 3 fully saturated rings. The fraction of sp³-hybridized carbons (Fsp3) is 0.667. The van der Waals surface area contributed by atoms with Crippen molar-refractivity contribution in [2.75, 3.05) is 18.8 Å². The number of nitrogens with zero attached hydrogens (tertiary/aromatic N) is 2. The lowest BCUT2D eigenvalue weighted by molar-refractivity contribution is -0.119. The van der Waals surface area contributed by atoms with Crippen LogP contribution in [0.2, 0.25) is 0 Å². The maximum Gasteiger partial charge on any atom is 0.255 e. The van der Waals surface area contributed by atoms with Gasteiger partial charge in [-0.25, -0.2) is 4.98 Å². The lowest BCUT2D eigenvalue weighted by Gasteiger charge is -2.28. The highest BCUT2D eigenvalue weighted by Gasteiger charge is 2.42. The van der Waals surface area contributed by atoms with Crippen LogP contribution < -0.4 is 5.32 Å². The molecular weight excluding hydrogens is 358 g/mol. The number of amides is 2. The van der Waals surface area contributed by atoms with Gasteiger partial charge in [0, 0.05) is 25.3 Å². The molecule has 0 unspecified atom stereocenters. The van der Waals surface area contributed by atoms with Crippen molar-refractivity contribution < 1.29 is 9.59 Å². The molecule has 2 aliphatic carbocycles. The number of hydrogen-bond donors (Lipinski definition) is 1. The molecule has 6 heteroatoms. The van der Waals surface area contributed by atoms with E-state index in [1.165, 1.54) is 37.4 Å². The summed E-state index contributed by atoms with van der Waals surface area (Å²) in [5.41, 5.74) is 0.635. The molecule has 146 valence electrons. The zero-order valence-electron chi connectivity index (χ0n) is 16.0. The highest BCUT2D eigenvalue weighted by molar-refractivity contribution is 7.99. The smallest absolute Gasteiger partial charge is 0.255 e. The second-order valence-electron chi connectivity index (χ2n) is 8.37. The molecule has 0 radical (unpaired) electrons. The average molecular weight is 388 g/mol. The zero-order chi connectivity index (χ0) is 18.8. The van der Waals surface area contributed by atoms with Crippen molar-refractivity contribution >= 4 is 23.6 Å². The van der Waals surface area contributed by atoms with Gasteiger partial charge in [-0.1, -0.05) is 18.2 Å². The Hall–Kier alpha value is -1.56. The Morgan fingerprint density at radius 2 is 2.07 bits per heavy atom. The molecule has 27 heavy (non-hydrogen) atoms. The number of hydrogen-bond acceptors (Lipinski definition) is 4. The predicted octanol–water partition coefficient (Wildman–Crippen LogP) is 3.35. The van der Waals surface area contributed by atoms with Crippen LogP contribution in [0.15, 0.2) is 23.4 Å². The second-order valence-corrected chi connectivity index (χ2v) is 9.36. The standard InChI is InChI=1S/C21H29N3O2S/c1-14(18-11-15-4-5-16(18)10-15)23-19(25)13-27-20-7-6-17(12-22-20)21(26)24-8-2-3-9-24/h6-7,12,14-16,18H,2-5,8-11,13H2,1H3,(H,23,25)/t14-,15+,16+,18+/m1/s1. The molecule has 0 aromatic carbocycles. The van der Waals surface area contributed by atoms with Crippen LogP contribution in [0.1, 0.15) is 55.8 Å². The van der Waals surface area contributed by atoms with Gasteiger partial charge in [0.25, 0.3) is 5.91 Å². The van der Waals surface area contributed by atoms with E-state index in [0.29, 0.717) is 17.2 Å². The van der Waals surface area contributed by atoms with Gasteiger partial charge in [0.2, 0.25) is 5.91 Å². The Balaban J connectivity index is 1.23. The van der Waals surface area contributed by atoms with E-state index in [2.05, 4.69) is 17.2 Å². The van der Waals surface area contributed by atoms with Gasteiger partial charge < -0.3 is 10.2 Å². The summed E-state index contributed by atoms with van der Waals surface area (Å²) in [6.45, 7) is 3.84. The third kappa shape index (κ3) is 4.31. The van der Waals surface area contributed by atoms with Crippen LogP contribution in [0.5, 0.6) is 0 Å². The summed E-state index contributed by atoms with van der Waals surface area (Å²) in [7, 11) is 0. The number of nitrogens with one attached hydrogen (secondary N) is 1. The van der Waals surface area contributed by atoms with E-state index in [0.717, 1.165) is 42.8 Å². The average Bonchev–Trinajstić information content (AvgIpc) is 3.44. The predicted molar refractivity (Wildman–Crippen MR) is 107 cm³/mol. The third-order valence-electron chi connectivity index (χ3n) is 6.55. The van der Waals surface area contributed by atoms with Gasteiger partial charge in [-0.05, 0) is 68.9 Å². The molecule has 0 spiro atoms. The van der Waals surface area contributed by atoms with Crippen LogP contribution in [-0.4, -0.2) is 46.6 Å². The van der Waals surface area contributed by atoms with Crippen molar-refractivity contribution in [1.82, 2.24) is 15.2 Å². The van der Waals surface area contributed by atoms with Gasteiger partial charge in [0.15, 0.2) is 0 Å². The van der Waals surface area contributed by atoms with Crippen LogP contribution in [-0.2, 0) is 4.79 Å². The van der Waals surface area contributed by atoms with Gasteiger partial charge >= 0.3 is 0 Å². The van der Waals surface area contributed by atoms with Crippen molar-refractivity contribution in [2.45, 2.75) is 56.5 Å². The Kier molecular flexibility index (Phi) is 5.71. The number of aromatic nitrogens is 1. The number of likely N-dealkylation sites (tertiary alicyclic amines) is 1. The SMILES string of the molecule is C[C@@H](NC(=O)CSc1ccc(C(=O)N2CCCC2)cn1)[C@@H]1C[C@H]2CC[C@H]1C2. The van der Waals surface area contributed by atoms with Crippen LogP contribution in [0, 0.1) is 17.8 Å². The Morgan fingerprint density at radius 1 is 1.26 bits per heavy atom. The summed E-state index contributed by atoms with van der Waals surface area (Å²) in [5, 5.41) is 3.98. The van der Waals surface area contributed by atoms with E-state index < -0.39 is 0 Å². The minimum Gasteiger partial charge on any atom is -0.353 e. The minimum absolute atomic E-state index is 0.0639. The van der Waals surface area contributed by atoms with Crippen LogP contribution in [0.4, 0.5) is 0 Å². The number of carbonyl (C=O) groups is 2. The maximum absolute atomic E-state index is 12.3. The van der Waals surface area contributed by atoms with Gasteiger partial charge in [-0.3, -0.25) is 9.59 Å². The van der Waals surface area contributed by atoms with Crippen molar-refractivity contribution in [3.05, 3.63) is 23.9 Å². The van der Waals surface area contributed by atoms with E-state index >= 15 is 0 Å². The molecule has 4 rings (SSSR count). The topological polar surface area (TPSA) is 62.3 Å². The van der Waals surface area contributed by atoms with Crippen LogP contribution in [0.25, 0.3) is 0 Å². The van der Waals surface area contributed by atoms with Crippen molar-refractivity contribution in [3.63, 3.8) is 0 Å². The number of carbonyl (C=O) groups excluding carboxylic acids is 2. The third-order valence-corrected chi connectivity index (χ3v) is 7.50. The molecule has 3 aliphatic rings. The first-order valence-corrected chi connectivity index (χ1v) is 11.3. The summed E-state index contributed by atoms with van der Waals surface area (Å²) in [6, 6.07) is 3.94. The molecule has 1 aromatic heterocycles. The number of rotatable bonds is 6. The molecule has 2 amide bonds. The second kappa shape index (κ2) is 8.21. The van der Waals surface area contributed by atoms with E-state index in [1.54, 1.807) is 6.20 Å². The first-order valence-electron chi connectivity index (χ1n) is 10.3. The first-order chi connectivity index (χ1) is 13.1. The molecule has 2 saturated carbocycles. The molecule has 4 atom stereocenters. The lowest BCUT2D eigenvalue weighted by atomic mass is 9.84. The lowest BCUT2D eigenvalue weighted by Crippen LogP contribution is -2.40. The fourth-order valence-corrected chi connectivity index (χ4v) is 5.80. The minimum atomic E-state index is 0.0639. The molecular formula is C21H29N3O2S. The highest BCUT2D eigenvalue weighted by atomic mass is 32.2. The largest absolute Gasteiger partial charge is 0.353 e. The molecule has 2 bridgehead atoms. The number of thioether (sulfide) groups is 1. The van der Waals surface area contributed by atoms with Gasteiger partial charge in [0.05, 0.1) is 16.3 Å². The van der Waals surface area contributed by atoms with E-state index in [1.807, 2.05) is 17.0 Å². The van der Waals surface area contributed by atoms with Gasteiger partial charge in [-0.2, -0.15) is 0 Å². The summed E-state index contributed by atoms with van der Waals surface area (Å²) in [6.07, 6.45) is 9.19. The van der Waals surface area contributed by atoms with E-state index in [9.17, 15) is 9.59 Å². The fourth-order valence-electron chi connectivity index (χ4n) is 5.14. The first kappa shape index (κ1) is 18.8. The van der Waals surface area contributed by atoms with Gasteiger partial charge in [0.1, 0.15) is 0 Å². The summed E-state index contributed by atoms with van der Waals surface area (Å²) in [4.78, 5) is 30.9. The monoisotopic (exact) mass is 387 g/mol. The molecule has 1 aromatic rings. The molecule has 1 saturated heterocycles. The molecule has 1 N–H and O–H groups in total. The van der Waals surface area contributed by atoms with Crippen molar-refractivity contribution in [3.8, 4) is 0 Å².